The van der Waals surface area contributed by atoms with Gasteiger partial charge in [-0.3, -0.25) is 0 Å². The summed E-state index contributed by atoms with van der Waals surface area (Å²) in [6.45, 7) is 6.33. The average Bonchev–Trinajstić information content (AvgIpc) is 3.10. The second-order valence-corrected chi connectivity index (χ2v) is 7.03. The van der Waals surface area contributed by atoms with Gasteiger partial charge in [0, 0.05) is 17.7 Å². The molecular weight excluding hydrogens is 364 g/mol. The Morgan fingerprint density at radius 1 is 1.25 bits per heavy atom. The molecule has 0 spiro atoms. The third kappa shape index (κ3) is 3.94. The second-order valence-electron chi connectivity index (χ2n) is 7.03. The van der Waals surface area contributed by atoms with Crippen LogP contribution in [0.4, 0.5) is 0 Å². The van der Waals surface area contributed by atoms with Gasteiger partial charge in [0.25, 0.3) is 0 Å². The van der Waals surface area contributed by atoms with Crippen molar-refractivity contribution in [3.63, 3.8) is 0 Å². The van der Waals surface area contributed by atoms with Crippen molar-refractivity contribution in [3.8, 4) is 5.75 Å². The molecular formula is C21H22O7. The Morgan fingerprint density at radius 2 is 1.96 bits per heavy atom. The number of ether oxygens (including phenoxy) is 2. The number of esters is 1. The maximum Gasteiger partial charge on any atom is 0.336 e. The molecule has 1 atom stereocenters. The van der Waals surface area contributed by atoms with Gasteiger partial charge in [-0.1, -0.05) is 6.08 Å². The highest BCUT2D eigenvalue weighted by atomic mass is 16.6. The number of hydrogen-bond acceptors (Lipinski definition) is 7. The third-order valence-electron chi connectivity index (χ3n) is 4.48. The van der Waals surface area contributed by atoms with Crippen LogP contribution in [0, 0.1) is 0 Å². The highest BCUT2D eigenvalue weighted by molar-refractivity contribution is 6.01. The van der Waals surface area contributed by atoms with Crippen LogP contribution in [0.15, 0.2) is 55.8 Å². The maximum atomic E-state index is 12.1. The van der Waals surface area contributed by atoms with Crippen molar-refractivity contribution in [1.29, 1.82) is 0 Å². The van der Waals surface area contributed by atoms with Crippen molar-refractivity contribution in [2.24, 2.45) is 0 Å². The monoisotopic (exact) mass is 386 g/mol. The molecule has 0 aliphatic heterocycles. The molecule has 0 unspecified atom stereocenters. The lowest BCUT2D eigenvalue weighted by Gasteiger charge is -2.29. The summed E-state index contributed by atoms with van der Waals surface area (Å²) in [5, 5.41) is 11.7. The largest absolute Gasteiger partial charge is 0.488 e. The summed E-state index contributed by atoms with van der Waals surface area (Å²) in [6, 6.07) is 6.23. The fourth-order valence-electron chi connectivity index (χ4n) is 2.65. The number of furan rings is 1. The molecule has 0 fully saturated rings. The maximum absolute atomic E-state index is 12.1. The average molecular weight is 386 g/mol. The quantitative estimate of drug-likeness (QED) is 0.393. The number of allylic oxidation sites excluding steroid dienone is 1. The standard InChI is InChI=1S/C21H22O7/c1-5-12(2)20(23)28-17(21(3,4)24)11-26-19-13-6-7-18(22)27-16(13)10-15-14(19)8-9-25-15/h5-10,17,24H,11H2,1-4H3/b12-5-/t17-/m0/s1. The minimum atomic E-state index is -1.34. The predicted molar refractivity (Wildman–Crippen MR) is 103 cm³/mol. The van der Waals surface area contributed by atoms with E-state index in [9.17, 15) is 14.7 Å². The van der Waals surface area contributed by atoms with Crippen molar-refractivity contribution in [2.45, 2.75) is 39.4 Å². The summed E-state index contributed by atoms with van der Waals surface area (Å²) in [4.78, 5) is 23.7. The Morgan fingerprint density at radius 3 is 2.64 bits per heavy atom. The lowest BCUT2D eigenvalue weighted by Crippen LogP contribution is -2.44. The Kier molecular flexibility index (Phi) is 5.29. The molecule has 0 aliphatic carbocycles. The molecule has 148 valence electrons. The minimum Gasteiger partial charge on any atom is -0.488 e. The molecule has 0 amide bonds. The molecule has 7 heteroatoms. The SMILES string of the molecule is C/C=C(/C)C(=O)O[C@@H](COc1c2ccoc2cc2oc(=O)ccc12)C(C)(C)O. The zero-order valence-electron chi connectivity index (χ0n) is 16.1. The highest BCUT2D eigenvalue weighted by Crippen LogP contribution is 2.35. The lowest BCUT2D eigenvalue weighted by atomic mass is 10.0. The highest BCUT2D eigenvalue weighted by Gasteiger charge is 2.32. The first-order chi connectivity index (χ1) is 13.2. The van der Waals surface area contributed by atoms with Gasteiger partial charge in [0.2, 0.25) is 0 Å². The molecule has 0 saturated carbocycles. The fourth-order valence-corrected chi connectivity index (χ4v) is 2.65. The number of hydrogen-bond donors (Lipinski definition) is 1. The second kappa shape index (κ2) is 7.52. The van der Waals surface area contributed by atoms with E-state index >= 15 is 0 Å². The van der Waals surface area contributed by atoms with Crippen LogP contribution in [0.3, 0.4) is 0 Å². The summed E-state index contributed by atoms with van der Waals surface area (Å²) < 4.78 is 22.0. The number of benzene rings is 1. The molecule has 2 heterocycles. The molecule has 28 heavy (non-hydrogen) atoms. The predicted octanol–water partition coefficient (Wildman–Crippen LogP) is 3.57. The molecule has 0 bridgehead atoms. The summed E-state index contributed by atoms with van der Waals surface area (Å²) in [6.07, 6.45) is 2.20. The zero-order valence-corrected chi connectivity index (χ0v) is 16.1. The Balaban J connectivity index is 1.96. The first kappa shape index (κ1) is 19.7. The van der Waals surface area contributed by atoms with Crippen LogP contribution in [0.2, 0.25) is 0 Å². The molecule has 3 rings (SSSR count). The van der Waals surface area contributed by atoms with Gasteiger partial charge >= 0.3 is 11.6 Å². The van der Waals surface area contributed by atoms with Gasteiger partial charge in [0.05, 0.1) is 22.6 Å². The lowest BCUT2D eigenvalue weighted by molar-refractivity contribution is -0.160. The number of carbonyl (C=O) groups is 1. The molecule has 7 nitrogen and oxygen atoms in total. The van der Waals surface area contributed by atoms with Gasteiger partial charge in [-0.15, -0.1) is 0 Å². The summed E-state index contributed by atoms with van der Waals surface area (Å²) in [7, 11) is 0. The fraction of sp³-hybridized carbons (Fsp3) is 0.333. The minimum absolute atomic E-state index is 0.106. The first-order valence-electron chi connectivity index (χ1n) is 8.84. The van der Waals surface area contributed by atoms with E-state index in [4.69, 9.17) is 18.3 Å². The van der Waals surface area contributed by atoms with Gasteiger partial charge in [-0.05, 0) is 39.8 Å². The normalized spacial score (nSPS) is 13.7. The smallest absolute Gasteiger partial charge is 0.336 e. The van der Waals surface area contributed by atoms with E-state index in [0.717, 1.165) is 0 Å². The molecule has 0 aliphatic rings. The summed E-state index contributed by atoms with van der Waals surface area (Å²) in [5.74, 6) is -0.117. The van der Waals surface area contributed by atoms with Gasteiger partial charge in [0.1, 0.15) is 23.5 Å². The summed E-state index contributed by atoms with van der Waals surface area (Å²) in [5.41, 5.74) is -0.603. The molecule has 1 aromatic carbocycles. The first-order valence-corrected chi connectivity index (χ1v) is 8.84. The number of carbonyl (C=O) groups excluding carboxylic acids is 1. The van der Waals surface area contributed by atoms with E-state index < -0.39 is 23.3 Å². The van der Waals surface area contributed by atoms with E-state index in [-0.39, 0.29) is 6.61 Å². The van der Waals surface area contributed by atoms with Crippen molar-refractivity contribution >= 4 is 27.9 Å². The van der Waals surface area contributed by atoms with Crippen molar-refractivity contribution in [3.05, 3.63) is 52.6 Å². The van der Waals surface area contributed by atoms with Crippen LogP contribution in [-0.2, 0) is 9.53 Å². The third-order valence-corrected chi connectivity index (χ3v) is 4.48. The Hall–Kier alpha value is -3.06. The van der Waals surface area contributed by atoms with E-state index in [0.29, 0.717) is 33.3 Å². The van der Waals surface area contributed by atoms with Crippen LogP contribution in [-0.4, -0.2) is 29.4 Å². The number of aliphatic hydroxyl groups is 1. The van der Waals surface area contributed by atoms with E-state index in [1.54, 1.807) is 38.1 Å². The van der Waals surface area contributed by atoms with Crippen molar-refractivity contribution < 1.29 is 28.2 Å². The van der Waals surface area contributed by atoms with Gasteiger partial charge in [0.15, 0.2) is 6.10 Å². The van der Waals surface area contributed by atoms with Crippen molar-refractivity contribution in [2.75, 3.05) is 6.61 Å². The van der Waals surface area contributed by atoms with Gasteiger partial charge in [-0.25, -0.2) is 9.59 Å². The zero-order chi connectivity index (χ0) is 20.5. The summed E-state index contributed by atoms with van der Waals surface area (Å²) >= 11 is 0. The van der Waals surface area contributed by atoms with Crippen LogP contribution in [0.25, 0.3) is 21.9 Å². The Labute approximate surface area is 161 Å². The molecule has 3 aromatic rings. The number of fused-ring (bicyclic) bond motifs is 2. The van der Waals surface area contributed by atoms with Gasteiger partial charge in [-0.2, -0.15) is 0 Å². The van der Waals surface area contributed by atoms with Crippen LogP contribution < -0.4 is 10.4 Å². The van der Waals surface area contributed by atoms with Gasteiger partial charge < -0.3 is 23.4 Å². The van der Waals surface area contributed by atoms with Crippen molar-refractivity contribution in [1.82, 2.24) is 0 Å². The van der Waals surface area contributed by atoms with E-state index in [1.165, 1.54) is 26.2 Å². The topological polar surface area (TPSA) is 99.1 Å². The van der Waals surface area contributed by atoms with E-state index in [2.05, 4.69) is 0 Å². The number of rotatable bonds is 6. The molecule has 0 radical (unpaired) electrons. The molecule has 2 aromatic heterocycles. The molecule has 0 saturated heterocycles. The Bertz CT molecular complexity index is 1100. The van der Waals surface area contributed by atoms with Crippen LogP contribution in [0.1, 0.15) is 27.7 Å². The van der Waals surface area contributed by atoms with E-state index in [1.807, 2.05) is 0 Å². The van der Waals surface area contributed by atoms with Crippen LogP contribution >= 0.6 is 0 Å². The molecule has 1 N–H and O–H groups in total. The van der Waals surface area contributed by atoms with Crippen LogP contribution in [0.5, 0.6) is 5.75 Å².